The van der Waals surface area contributed by atoms with Gasteiger partial charge in [0.15, 0.2) is 0 Å². The predicted octanol–water partition coefficient (Wildman–Crippen LogP) is 11.7. The fraction of sp³-hybridized carbons (Fsp3) is 0.127. The molecule has 7 aromatic carbocycles. The van der Waals surface area contributed by atoms with Crippen molar-refractivity contribution in [3.05, 3.63) is 212 Å². The van der Waals surface area contributed by atoms with Gasteiger partial charge in [0.2, 0.25) is 0 Å². The molecular weight excluding hydrogens is 982 g/mol. The Hall–Kier alpha value is -7.38. The van der Waals surface area contributed by atoms with Gasteiger partial charge >= 0.3 is 30.8 Å². The van der Waals surface area contributed by atoms with Crippen LogP contribution in [0.15, 0.2) is 152 Å². The van der Waals surface area contributed by atoms with Crippen LogP contribution in [0.2, 0.25) is 10.0 Å². The van der Waals surface area contributed by atoms with Crippen LogP contribution in [0.4, 0.5) is 17.6 Å². The van der Waals surface area contributed by atoms with Gasteiger partial charge in [0.25, 0.3) is 24.7 Å². The van der Waals surface area contributed by atoms with E-state index in [1.807, 2.05) is 6.07 Å². The second-order valence-corrected chi connectivity index (χ2v) is 16.4. The van der Waals surface area contributed by atoms with Crippen molar-refractivity contribution in [3.63, 3.8) is 0 Å². The van der Waals surface area contributed by atoms with E-state index >= 15 is 0 Å². The van der Waals surface area contributed by atoms with Crippen molar-refractivity contribution in [2.45, 2.75) is 48.2 Å². The van der Waals surface area contributed by atoms with Gasteiger partial charge < -0.3 is 15.3 Å². The number of hydrogen-bond donors (Lipinski definition) is 1. The van der Waals surface area contributed by atoms with Gasteiger partial charge in [-0.25, -0.2) is 27.2 Å². The Morgan fingerprint density at radius 1 is 0.575 bits per heavy atom. The Morgan fingerprint density at radius 3 is 1.41 bits per heavy atom. The number of carbonyl (C=O) groups excluding carboxylic acids is 3. The third-order valence-electron chi connectivity index (χ3n) is 11.2. The summed E-state index contributed by atoms with van der Waals surface area (Å²) in [6.07, 6.45) is -5.92. The van der Waals surface area contributed by atoms with E-state index in [1.54, 1.807) is 123 Å². The zero-order chi connectivity index (χ0) is 49.1. The van der Waals surface area contributed by atoms with Crippen LogP contribution in [0.5, 0.6) is 0 Å². The van der Waals surface area contributed by atoms with E-state index in [-0.39, 0.29) is 72.7 Å². The molecule has 0 radical (unpaired) electrons. The second-order valence-electron chi connectivity index (χ2n) is 15.6. The zero-order valence-corrected chi connectivity index (χ0v) is 39.3. The maximum Gasteiger partial charge on any atom is 1.00 e. The molecule has 2 aromatic heterocycles. The van der Waals surface area contributed by atoms with Crippen molar-refractivity contribution in [2.24, 2.45) is 0 Å². The Bertz CT molecular complexity index is 3440. The molecule has 370 valence electrons. The molecule has 0 aliphatic carbocycles. The van der Waals surface area contributed by atoms with Gasteiger partial charge in [-0.05, 0) is 79.1 Å². The molecule has 2 N–H and O–H groups in total. The smallest absolute Gasteiger partial charge is 0.870 e. The van der Waals surface area contributed by atoms with E-state index in [4.69, 9.17) is 27.9 Å². The summed E-state index contributed by atoms with van der Waals surface area (Å²) in [5.74, 6) is -3.19. The Balaban J connectivity index is 0.000000305. The molecule has 0 spiro atoms. The number of aromatic nitrogens is 4. The zero-order valence-electron chi connectivity index (χ0n) is 37.8. The fourth-order valence-electron chi connectivity index (χ4n) is 7.85. The van der Waals surface area contributed by atoms with Crippen molar-refractivity contribution in [2.75, 3.05) is 0 Å². The Labute approximate surface area is 439 Å². The van der Waals surface area contributed by atoms with E-state index in [1.165, 1.54) is 33.6 Å². The standard InChI is InChI=1S/C30H21ClF2N2O3.C23H15ClF2N2O3.2CH4.Li.H2O/c1-18-8-7-12-24(31)26(18)29(36)35-25-13-6-5-11-22(25)27(34-35)20-14-15-21(23(16-20)28(32)33)30(37)38-17-19-9-3-2-4-10-19;1-12-5-4-7-17(24)19(12)22(29)28-18-8-3-2-6-15(18)20(27-28)13-9-10-14(23(30)31)16(11-13)21(25)26;;;;/h2-16,28H,17H2,1H3;2-11,21H,1H3,(H,30,31);2*1H4;;1H2/q;;;;+1;/p-1. The summed E-state index contributed by atoms with van der Waals surface area (Å²) < 4.78 is 62.9. The number of carbonyl (C=O) groups is 4. The van der Waals surface area contributed by atoms with Crippen LogP contribution in [0, 0.1) is 13.8 Å². The summed E-state index contributed by atoms with van der Waals surface area (Å²) in [5.41, 5.74) is 3.07. The number of fused-ring (bicyclic) bond motifs is 2. The van der Waals surface area contributed by atoms with Crippen LogP contribution in [0.3, 0.4) is 0 Å². The summed E-state index contributed by atoms with van der Waals surface area (Å²) in [7, 11) is 0. The number of rotatable bonds is 10. The molecule has 0 unspecified atom stereocenters. The molecule has 18 heteroatoms. The number of para-hydroxylation sites is 2. The van der Waals surface area contributed by atoms with Gasteiger partial charge in [-0.3, -0.25) is 9.59 Å². The van der Waals surface area contributed by atoms with Gasteiger partial charge in [-0.2, -0.15) is 19.6 Å². The van der Waals surface area contributed by atoms with Gasteiger partial charge in [-0.15, -0.1) is 0 Å². The number of carboxylic acids is 1. The molecule has 0 bridgehead atoms. The molecule has 0 amide bonds. The number of aryl methyl sites for hydroxylation is 2. The molecular formula is C55H45Cl2F4LiN4O7. The van der Waals surface area contributed by atoms with Crippen molar-refractivity contribution in [3.8, 4) is 22.5 Å². The summed E-state index contributed by atoms with van der Waals surface area (Å²) in [6.45, 7) is 3.49. The van der Waals surface area contributed by atoms with Crippen molar-refractivity contribution < 1.29 is 70.9 Å². The summed E-state index contributed by atoms with van der Waals surface area (Å²) in [6, 6.07) is 40.7. The number of nitrogens with zero attached hydrogens (tertiary/aromatic N) is 4. The minimum atomic E-state index is -2.98. The third-order valence-corrected chi connectivity index (χ3v) is 11.8. The molecule has 11 nitrogen and oxygen atoms in total. The first-order chi connectivity index (χ1) is 33.1. The van der Waals surface area contributed by atoms with Crippen LogP contribution in [0.25, 0.3) is 44.3 Å². The normalized spacial score (nSPS) is 10.6. The molecule has 0 atom stereocenters. The molecule has 0 aliphatic heterocycles. The van der Waals surface area contributed by atoms with Crippen LogP contribution >= 0.6 is 23.2 Å². The molecule has 0 saturated heterocycles. The monoisotopic (exact) mass is 1030 g/mol. The number of aromatic carboxylic acids is 1. The maximum atomic E-state index is 14.1. The number of hydrogen-bond acceptors (Lipinski definition) is 8. The SMILES string of the molecule is C.C.Cc1cccc(Cl)c1C(=O)n1nc(-c2ccc(C(=O)O)c(C(F)F)c2)c2ccccc21.Cc1cccc(Cl)c1C(=O)n1nc(-c2ccc(C(=O)OCc3ccccc3)c(C(F)F)c2)c2ccccc21.[Li+].[OH-]. The summed E-state index contributed by atoms with van der Waals surface area (Å²) in [4.78, 5) is 50.7. The summed E-state index contributed by atoms with van der Waals surface area (Å²) >= 11 is 12.6. The van der Waals surface area contributed by atoms with E-state index in [2.05, 4.69) is 10.2 Å². The molecule has 73 heavy (non-hydrogen) atoms. The minimum Gasteiger partial charge on any atom is -0.870 e. The van der Waals surface area contributed by atoms with Crippen molar-refractivity contribution >= 4 is 68.8 Å². The molecule has 9 aromatic rings. The average molecular weight is 1030 g/mol. The molecule has 9 rings (SSSR count). The largest absolute Gasteiger partial charge is 1.00 e. The number of ether oxygens (including phenoxy) is 1. The van der Waals surface area contributed by atoms with Crippen LogP contribution in [-0.2, 0) is 11.3 Å². The number of alkyl halides is 4. The second kappa shape index (κ2) is 24.8. The van der Waals surface area contributed by atoms with Gasteiger partial charge in [0.05, 0.1) is 43.3 Å². The Kier molecular flexibility index (Phi) is 19.8. The van der Waals surface area contributed by atoms with Crippen LogP contribution < -0.4 is 18.9 Å². The first kappa shape index (κ1) is 58.2. The van der Waals surface area contributed by atoms with Gasteiger partial charge in [0.1, 0.15) is 18.0 Å². The van der Waals surface area contributed by atoms with E-state index in [0.717, 1.165) is 17.7 Å². The topological polar surface area (TPSA) is 163 Å². The van der Waals surface area contributed by atoms with Crippen LogP contribution in [0.1, 0.15) is 97.0 Å². The number of benzene rings is 7. The molecule has 2 heterocycles. The first-order valence-electron chi connectivity index (χ1n) is 21.0. The fourth-order valence-corrected chi connectivity index (χ4v) is 8.45. The van der Waals surface area contributed by atoms with E-state index < -0.39 is 53.3 Å². The summed E-state index contributed by atoms with van der Waals surface area (Å²) in [5, 5.41) is 19.8. The van der Waals surface area contributed by atoms with Gasteiger partial charge in [-0.1, -0.05) is 141 Å². The van der Waals surface area contributed by atoms with Crippen molar-refractivity contribution in [1.29, 1.82) is 0 Å². The minimum absolute atomic E-state index is 0. The predicted molar refractivity (Wildman–Crippen MR) is 270 cm³/mol. The molecule has 0 saturated carbocycles. The first-order valence-corrected chi connectivity index (χ1v) is 21.7. The van der Waals surface area contributed by atoms with E-state index in [0.29, 0.717) is 55.3 Å². The van der Waals surface area contributed by atoms with Crippen molar-refractivity contribution in [1.82, 2.24) is 19.6 Å². The number of halogens is 6. The Morgan fingerprint density at radius 2 is 0.986 bits per heavy atom. The quantitative estimate of drug-likeness (QED) is 0.0798. The number of esters is 1. The maximum absolute atomic E-state index is 14.1. The van der Waals surface area contributed by atoms with Crippen LogP contribution in [-0.4, -0.2) is 53.9 Å². The average Bonchev–Trinajstić information content (AvgIpc) is 3.93. The third kappa shape index (κ3) is 11.9. The van der Waals surface area contributed by atoms with E-state index in [9.17, 15) is 41.8 Å². The molecule has 0 fully saturated rings. The molecule has 0 aliphatic rings. The number of carboxylic acid groups (broad SMARTS) is 1. The van der Waals surface area contributed by atoms with Gasteiger partial charge in [0, 0.05) is 33.0 Å².